The number of hydrogen-bond donors (Lipinski definition) is 2. The molecule has 0 radical (unpaired) electrons. The molecule has 2 aromatic rings. The molecule has 0 spiro atoms. The van der Waals surface area contributed by atoms with E-state index in [-0.39, 0.29) is 11.8 Å². The number of amides is 2. The van der Waals surface area contributed by atoms with Gasteiger partial charge in [-0.25, -0.2) is 0 Å². The van der Waals surface area contributed by atoms with Crippen molar-refractivity contribution < 1.29 is 14.0 Å². The molecule has 3 rings (SSSR count). The predicted molar refractivity (Wildman–Crippen MR) is 112 cm³/mol. The van der Waals surface area contributed by atoms with Gasteiger partial charge in [0.1, 0.15) is 12.3 Å². The Morgan fingerprint density at radius 3 is 2.55 bits per heavy atom. The van der Waals surface area contributed by atoms with Gasteiger partial charge in [-0.05, 0) is 44.0 Å². The minimum absolute atomic E-state index is 0.211. The lowest BCUT2D eigenvalue weighted by molar-refractivity contribution is -0.122. The summed E-state index contributed by atoms with van der Waals surface area (Å²) >= 11 is 0. The molecule has 1 heterocycles. The van der Waals surface area contributed by atoms with E-state index in [0.29, 0.717) is 18.2 Å². The molecule has 1 aliphatic rings. The van der Waals surface area contributed by atoms with Crippen LogP contribution in [0.1, 0.15) is 60.5 Å². The van der Waals surface area contributed by atoms with Crippen molar-refractivity contribution >= 4 is 11.8 Å². The molecule has 0 saturated heterocycles. The molecule has 1 fully saturated rings. The standard InChI is InChI=1S/C23H31N3O3/c1-17(25-23(28)20-12-13-29-16-20)22(27)24-14-18-8-6-7-9-19(18)15-26(2)21-10-4-3-5-11-21/h6-9,12-13,16-17,21H,3-5,10-11,14-15H2,1-2H3,(H,24,27)(H,25,28). The van der Waals surface area contributed by atoms with E-state index in [4.69, 9.17) is 4.42 Å². The number of carbonyl (C=O) groups is 2. The first-order chi connectivity index (χ1) is 14.0. The van der Waals surface area contributed by atoms with Crippen LogP contribution < -0.4 is 10.6 Å². The lowest BCUT2D eigenvalue weighted by Gasteiger charge is -2.31. The molecule has 6 nitrogen and oxygen atoms in total. The largest absolute Gasteiger partial charge is 0.472 e. The van der Waals surface area contributed by atoms with Crippen molar-refractivity contribution in [1.29, 1.82) is 0 Å². The topological polar surface area (TPSA) is 74.6 Å². The number of rotatable bonds is 8. The van der Waals surface area contributed by atoms with E-state index in [2.05, 4.69) is 34.7 Å². The van der Waals surface area contributed by atoms with E-state index < -0.39 is 6.04 Å². The summed E-state index contributed by atoms with van der Waals surface area (Å²) in [5.74, 6) is -0.534. The first kappa shape index (κ1) is 21.1. The summed E-state index contributed by atoms with van der Waals surface area (Å²) in [6, 6.07) is 9.81. The van der Waals surface area contributed by atoms with Crippen molar-refractivity contribution in [1.82, 2.24) is 15.5 Å². The molecule has 1 aromatic heterocycles. The minimum atomic E-state index is -0.630. The van der Waals surface area contributed by atoms with Gasteiger partial charge in [-0.15, -0.1) is 0 Å². The first-order valence-corrected chi connectivity index (χ1v) is 10.4. The van der Waals surface area contributed by atoms with Crippen LogP contribution in [0.2, 0.25) is 0 Å². The second-order valence-corrected chi connectivity index (χ2v) is 7.90. The third-order valence-corrected chi connectivity index (χ3v) is 5.71. The highest BCUT2D eigenvalue weighted by atomic mass is 16.3. The maximum Gasteiger partial charge on any atom is 0.255 e. The van der Waals surface area contributed by atoms with Crippen LogP contribution in [0.25, 0.3) is 0 Å². The molecule has 0 bridgehead atoms. The Bertz CT molecular complexity index is 797. The summed E-state index contributed by atoms with van der Waals surface area (Å²) < 4.78 is 4.91. The Hall–Kier alpha value is -2.60. The van der Waals surface area contributed by atoms with E-state index in [0.717, 1.165) is 12.1 Å². The van der Waals surface area contributed by atoms with Crippen LogP contribution in [0.5, 0.6) is 0 Å². The zero-order valence-corrected chi connectivity index (χ0v) is 17.3. The fraction of sp³-hybridized carbons (Fsp3) is 0.478. The normalized spacial score (nSPS) is 15.8. The molecule has 29 heavy (non-hydrogen) atoms. The average molecular weight is 398 g/mol. The summed E-state index contributed by atoms with van der Waals surface area (Å²) in [5.41, 5.74) is 2.74. The van der Waals surface area contributed by atoms with Crippen LogP contribution in [0.4, 0.5) is 0 Å². The number of carbonyl (C=O) groups excluding carboxylic acids is 2. The van der Waals surface area contributed by atoms with Crippen molar-refractivity contribution in [3.05, 3.63) is 59.5 Å². The van der Waals surface area contributed by atoms with Gasteiger partial charge in [0.25, 0.3) is 5.91 Å². The Balaban J connectivity index is 1.53. The average Bonchev–Trinajstić information content (AvgIpc) is 3.28. The Morgan fingerprint density at radius 1 is 1.14 bits per heavy atom. The van der Waals surface area contributed by atoms with Crippen molar-refractivity contribution in [2.75, 3.05) is 7.05 Å². The first-order valence-electron chi connectivity index (χ1n) is 10.4. The maximum atomic E-state index is 12.4. The van der Waals surface area contributed by atoms with Crippen molar-refractivity contribution in [2.45, 2.75) is 64.2 Å². The van der Waals surface area contributed by atoms with E-state index in [9.17, 15) is 9.59 Å². The van der Waals surface area contributed by atoms with Crippen molar-refractivity contribution in [3.63, 3.8) is 0 Å². The summed E-state index contributed by atoms with van der Waals surface area (Å²) in [4.78, 5) is 26.9. The van der Waals surface area contributed by atoms with Gasteiger partial charge in [0.2, 0.25) is 5.91 Å². The molecule has 1 atom stereocenters. The molecule has 6 heteroatoms. The van der Waals surface area contributed by atoms with E-state index in [1.807, 2.05) is 12.1 Å². The van der Waals surface area contributed by atoms with Crippen LogP contribution >= 0.6 is 0 Å². The highest BCUT2D eigenvalue weighted by Gasteiger charge is 2.20. The summed E-state index contributed by atoms with van der Waals surface area (Å²) in [5, 5.41) is 5.64. The lowest BCUT2D eigenvalue weighted by atomic mass is 9.94. The number of furan rings is 1. The highest BCUT2D eigenvalue weighted by Crippen LogP contribution is 2.23. The van der Waals surface area contributed by atoms with Gasteiger partial charge in [0.15, 0.2) is 0 Å². The van der Waals surface area contributed by atoms with Gasteiger partial charge in [0, 0.05) is 19.1 Å². The second-order valence-electron chi connectivity index (χ2n) is 7.90. The zero-order chi connectivity index (χ0) is 20.6. The number of benzene rings is 1. The lowest BCUT2D eigenvalue weighted by Crippen LogP contribution is -2.44. The molecule has 156 valence electrons. The van der Waals surface area contributed by atoms with Gasteiger partial charge in [-0.1, -0.05) is 43.5 Å². The zero-order valence-electron chi connectivity index (χ0n) is 17.3. The maximum absolute atomic E-state index is 12.4. The number of nitrogens with zero attached hydrogens (tertiary/aromatic N) is 1. The molecule has 2 amide bonds. The molecular formula is C23H31N3O3. The van der Waals surface area contributed by atoms with E-state index in [1.165, 1.54) is 50.2 Å². The fourth-order valence-corrected chi connectivity index (χ4v) is 3.88. The van der Waals surface area contributed by atoms with E-state index >= 15 is 0 Å². The SMILES string of the molecule is CC(NC(=O)c1ccoc1)C(=O)NCc1ccccc1CN(C)C1CCCCC1. The van der Waals surface area contributed by atoms with Crippen LogP contribution in [-0.2, 0) is 17.9 Å². The Labute approximate surface area is 172 Å². The fourth-order valence-electron chi connectivity index (χ4n) is 3.88. The molecule has 2 N–H and O–H groups in total. The van der Waals surface area contributed by atoms with Gasteiger partial charge < -0.3 is 15.1 Å². The minimum Gasteiger partial charge on any atom is -0.472 e. The molecule has 0 aliphatic heterocycles. The molecule has 1 saturated carbocycles. The summed E-state index contributed by atoms with van der Waals surface area (Å²) in [7, 11) is 2.19. The predicted octanol–water partition coefficient (Wildman–Crippen LogP) is 3.48. The van der Waals surface area contributed by atoms with Crippen LogP contribution in [-0.4, -0.2) is 35.8 Å². The summed E-state index contributed by atoms with van der Waals surface area (Å²) in [6.07, 6.45) is 9.30. The van der Waals surface area contributed by atoms with Crippen molar-refractivity contribution in [3.8, 4) is 0 Å². The summed E-state index contributed by atoms with van der Waals surface area (Å²) in [6.45, 7) is 3.00. The quantitative estimate of drug-likeness (QED) is 0.715. The third kappa shape index (κ3) is 5.94. The van der Waals surface area contributed by atoms with Gasteiger partial charge in [-0.3, -0.25) is 14.5 Å². The van der Waals surface area contributed by atoms with Crippen LogP contribution in [0.3, 0.4) is 0 Å². The smallest absolute Gasteiger partial charge is 0.255 e. The van der Waals surface area contributed by atoms with Crippen LogP contribution in [0.15, 0.2) is 47.3 Å². The van der Waals surface area contributed by atoms with Gasteiger partial charge in [-0.2, -0.15) is 0 Å². The Morgan fingerprint density at radius 2 is 1.86 bits per heavy atom. The third-order valence-electron chi connectivity index (χ3n) is 5.71. The molecule has 1 aromatic carbocycles. The monoisotopic (exact) mass is 397 g/mol. The van der Waals surface area contributed by atoms with E-state index in [1.54, 1.807) is 13.0 Å². The molecular weight excluding hydrogens is 366 g/mol. The van der Waals surface area contributed by atoms with Crippen LogP contribution in [0, 0.1) is 0 Å². The molecule has 1 unspecified atom stereocenters. The van der Waals surface area contributed by atoms with Crippen molar-refractivity contribution in [2.24, 2.45) is 0 Å². The number of hydrogen-bond acceptors (Lipinski definition) is 4. The Kier molecular flexibility index (Phi) is 7.47. The highest BCUT2D eigenvalue weighted by molar-refractivity contribution is 5.97. The van der Waals surface area contributed by atoms with Gasteiger partial charge in [0.05, 0.1) is 11.8 Å². The second kappa shape index (κ2) is 10.3. The van der Waals surface area contributed by atoms with Gasteiger partial charge >= 0.3 is 0 Å². The number of nitrogens with one attached hydrogen (secondary N) is 2. The molecule has 1 aliphatic carbocycles.